The predicted molar refractivity (Wildman–Crippen MR) is 125 cm³/mol. The maximum Gasteiger partial charge on any atom is 0.254 e. The second-order valence-electron chi connectivity index (χ2n) is 7.71. The molecule has 0 atom stereocenters. The van der Waals surface area contributed by atoms with Crippen LogP contribution in [0.25, 0.3) is 22.2 Å². The normalized spacial score (nSPS) is 14.1. The molecule has 3 heterocycles. The number of nitrogens with zero attached hydrogens (tertiary/aromatic N) is 4. The molecule has 0 bridgehead atoms. The van der Waals surface area contributed by atoms with Crippen molar-refractivity contribution >= 4 is 34.1 Å². The van der Waals surface area contributed by atoms with Crippen LogP contribution in [-0.2, 0) is 0 Å². The zero-order valence-electron chi connectivity index (χ0n) is 17.2. The molecule has 0 spiro atoms. The molecule has 7 heteroatoms. The summed E-state index contributed by atoms with van der Waals surface area (Å²) in [5, 5.41) is 1.29. The molecule has 1 saturated heterocycles. The van der Waals surface area contributed by atoms with Gasteiger partial charge in [-0.05, 0) is 60.7 Å². The third-order valence-corrected chi connectivity index (χ3v) is 5.95. The van der Waals surface area contributed by atoms with E-state index in [-0.39, 0.29) is 11.7 Å². The summed E-state index contributed by atoms with van der Waals surface area (Å²) in [5.41, 5.74) is 3.79. The van der Waals surface area contributed by atoms with Gasteiger partial charge in [0.1, 0.15) is 5.82 Å². The minimum absolute atomic E-state index is 0.0523. The van der Waals surface area contributed by atoms with Gasteiger partial charge in [-0.15, -0.1) is 0 Å². The fourth-order valence-electron chi connectivity index (χ4n) is 4.03. The van der Waals surface area contributed by atoms with E-state index in [0.29, 0.717) is 48.0 Å². The number of aromatic nitrogens is 2. The molecular weight excluding hydrogens is 427 g/mol. The summed E-state index contributed by atoms with van der Waals surface area (Å²) in [6, 6.07) is 17.5. The SMILES string of the molecule is O=C(c1cc(-c2cccnc2)nc2ccc(Cl)cc12)N1CCN(c2ccc(F)cc2)CC1. The first-order chi connectivity index (χ1) is 15.6. The highest BCUT2D eigenvalue weighted by Crippen LogP contribution is 2.28. The highest BCUT2D eigenvalue weighted by atomic mass is 35.5. The Morgan fingerprint density at radius 2 is 1.75 bits per heavy atom. The molecule has 1 aliphatic rings. The van der Waals surface area contributed by atoms with E-state index in [9.17, 15) is 9.18 Å². The summed E-state index contributed by atoms with van der Waals surface area (Å²) < 4.78 is 13.2. The molecule has 4 aromatic rings. The first-order valence-electron chi connectivity index (χ1n) is 10.4. The number of carbonyl (C=O) groups is 1. The molecule has 1 fully saturated rings. The third-order valence-electron chi connectivity index (χ3n) is 5.72. The molecule has 0 aliphatic carbocycles. The fourth-order valence-corrected chi connectivity index (χ4v) is 4.20. The van der Waals surface area contributed by atoms with Crippen molar-refractivity contribution in [2.75, 3.05) is 31.1 Å². The van der Waals surface area contributed by atoms with Gasteiger partial charge in [0.05, 0.1) is 16.8 Å². The van der Waals surface area contributed by atoms with Crippen LogP contribution in [0, 0.1) is 5.82 Å². The van der Waals surface area contributed by atoms with Gasteiger partial charge in [0.2, 0.25) is 0 Å². The number of hydrogen-bond acceptors (Lipinski definition) is 4. The molecule has 0 radical (unpaired) electrons. The third kappa shape index (κ3) is 4.01. The van der Waals surface area contributed by atoms with Crippen LogP contribution < -0.4 is 4.90 Å². The standard InChI is InChI=1S/C25H20ClFN4O/c26-18-3-8-23-21(14-18)22(15-24(29-23)17-2-1-9-28-16-17)25(32)31-12-10-30(11-13-31)20-6-4-19(27)5-7-20/h1-9,14-16H,10-13H2. The van der Waals surface area contributed by atoms with Crippen molar-refractivity contribution in [1.29, 1.82) is 0 Å². The molecule has 2 aromatic heterocycles. The maximum atomic E-state index is 13.6. The van der Waals surface area contributed by atoms with Crippen molar-refractivity contribution in [2.24, 2.45) is 0 Å². The van der Waals surface area contributed by atoms with Crippen molar-refractivity contribution in [1.82, 2.24) is 14.9 Å². The number of fused-ring (bicyclic) bond motifs is 1. The molecule has 0 N–H and O–H groups in total. The Bertz CT molecular complexity index is 1270. The fraction of sp³-hybridized carbons (Fsp3) is 0.160. The van der Waals surface area contributed by atoms with Crippen LogP contribution in [0.15, 0.2) is 73.1 Å². The van der Waals surface area contributed by atoms with Gasteiger partial charge in [-0.2, -0.15) is 0 Å². The Balaban J connectivity index is 1.45. The number of hydrogen-bond donors (Lipinski definition) is 0. The number of rotatable bonds is 3. The highest BCUT2D eigenvalue weighted by molar-refractivity contribution is 6.31. The topological polar surface area (TPSA) is 49.3 Å². The average Bonchev–Trinajstić information content (AvgIpc) is 2.84. The zero-order valence-corrected chi connectivity index (χ0v) is 18.0. The number of carbonyl (C=O) groups excluding carboxylic acids is 1. The first-order valence-corrected chi connectivity index (χ1v) is 10.8. The van der Waals surface area contributed by atoms with Gasteiger partial charge in [0.15, 0.2) is 0 Å². The monoisotopic (exact) mass is 446 g/mol. The van der Waals surface area contributed by atoms with Crippen LogP contribution in [0.1, 0.15) is 10.4 Å². The lowest BCUT2D eigenvalue weighted by atomic mass is 10.0. The van der Waals surface area contributed by atoms with Crippen LogP contribution in [0.2, 0.25) is 5.02 Å². The number of benzene rings is 2. The van der Waals surface area contributed by atoms with Gasteiger partial charge < -0.3 is 9.80 Å². The molecule has 5 rings (SSSR count). The van der Waals surface area contributed by atoms with Crippen molar-refractivity contribution < 1.29 is 9.18 Å². The van der Waals surface area contributed by atoms with Crippen LogP contribution in [0.5, 0.6) is 0 Å². The number of piperazine rings is 1. The molecule has 1 aliphatic heterocycles. The van der Waals surface area contributed by atoms with Crippen molar-refractivity contribution in [2.45, 2.75) is 0 Å². The molecule has 2 aromatic carbocycles. The number of amides is 1. The Morgan fingerprint density at radius 3 is 2.47 bits per heavy atom. The summed E-state index contributed by atoms with van der Waals surface area (Å²) in [6.07, 6.45) is 3.44. The van der Waals surface area contributed by atoms with E-state index < -0.39 is 0 Å². The van der Waals surface area contributed by atoms with E-state index in [0.717, 1.165) is 16.6 Å². The summed E-state index contributed by atoms with van der Waals surface area (Å²) in [7, 11) is 0. The van der Waals surface area contributed by atoms with E-state index in [2.05, 4.69) is 9.88 Å². The number of anilines is 1. The smallest absolute Gasteiger partial charge is 0.254 e. The average molecular weight is 447 g/mol. The Hall–Kier alpha value is -3.51. The largest absolute Gasteiger partial charge is 0.368 e. The van der Waals surface area contributed by atoms with E-state index in [1.807, 2.05) is 29.2 Å². The lowest BCUT2D eigenvalue weighted by Gasteiger charge is -2.36. The number of pyridine rings is 2. The minimum atomic E-state index is -0.254. The Labute approximate surface area is 190 Å². The van der Waals surface area contributed by atoms with Crippen LogP contribution >= 0.6 is 11.6 Å². The predicted octanol–water partition coefficient (Wildman–Crippen LogP) is 5.05. The summed E-state index contributed by atoms with van der Waals surface area (Å²) in [5.74, 6) is -0.307. The van der Waals surface area contributed by atoms with Crippen molar-refractivity contribution in [3.63, 3.8) is 0 Å². The first kappa shape index (κ1) is 20.4. The van der Waals surface area contributed by atoms with Gasteiger partial charge >= 0.3 is 0 Å². The second-order valence-corrected chi connectivity index (χ2v) is 8.15. The van der Waals surface area contributed by atoms with E-state index in [1.165, 1.54) is 12.1 Å². The number of halogens is 2. The van der Waals surface area contributed by atoms with Crippen LogP contribution in [0.3, 0.4) is 0 Å². The van der Waals surface area contributed by atoms with E-state index in [1.54, 1.807) is 36.7 Å². The van der Waals surface area contributed by atoms with Gasteiger partial charge in [-0.1, -0.05) is 11.6 Å². The van der Waals surface area contributed by atoms with Crippen LogP contribution in [0.4, 0.5) is 10.1 Å². The van der Waals surface area contributed by atoms with Crippen LogP contribution in [-0.4, -0.2) is 47.0 Å². The summed E-state index contributed by atoms with van der Waals surface area (Å²) >= 11 is 6.24. The molecule has 160 valence electrons. The molecular formula is C25H20ClFN4O. The zero-order chi connectivity index (χ0) is 22.1. The Kier molecular flexibility index (Phi) is 5.45. The Morgan fingerprint density at radius 1 is 0.969 bits per heavy atom. The van der Waals surface area contributed by atoms with Gasteiger partial charge in [0, 0.05) is 60.2 Å². The lowest BCUT2D eigenvalue weighted by Crippen LogP contribution is -2.48. The van der Waals surface area contributed by atoms with E-state index >= 15 is 0 Å². The second kappa shape index (κ2) is 8.55. The van der Waals surface area contributed by atoms with Gasteiger partial charge in [-0.3, -0.25) is 9.78 Å². The molecule has 0 unspecified atom stereocenters. The molecule has 32 heavy (non-hydrogen) atoms. The molecule has 1 amide bonds. The van der Waals surface area contributed by atoms with Gasteiger partial charge in [-0.25, -0.2) is 9.37 Å². The summed E-state index contributed by atoms with van der Waals surface area (Å²) in [4.78, 5) is 26.5. The van der Waals surface area contributed by atoms with Gasteiger partial charge in [0.25, 0.3) is 5.91 Å². The lowest BCUT2D eigenvalue weighted by molar-refractivity contribution is 0.0748. The van der Waals surface area contributed by atoms with Crippen molar-refractivity contribution in [3.05, 3.63) is 89.5 Å². The minimum Gasteiger partial charge on any atom is -0.368 e. The molecule has 5 nitrogen and oxygen atoms in total. The maximum absolute atomic E-state index is 13.6. The van der Waals surface area contributed by atoms with Crippen molar-refractivity contribution in [3.8, 4) is 11.3 Å². The van der Waals surface area contributed by atoms with E-state index in [4.69, 9.17) is 16.6 Å². The quantitative estimate of drug-likeness (QED) is 0.442. The summed E-state index contributed by atoms with van der Waals surface area (Å²) in [6.45, 7) is 2.50. The highest BCUT2D eigenvalue weighted by Gasteiger charge is 2.24. The molecule has 0 saturated carbocycles.